The van der Waals surface area contributed by atoms with Crippen LogP contribution in [0.4, 0.5) is 8.78 Å². The molecular weight excluding hydrogens is 314 g/mol. The number of hydrogen-bond acceptors (Lipinski definition) is 1. The van der Waals surface area contributed by atoms with E-state index in [0.29, 0.717) is 5.56 Å². The molecular formula is C15H11BrF2O. The highest BCUT2D eigenvalue weighted by molar-refractivity contribution is 9.10. The van der Waals surface area contributed by atoms with E-state index < -0.39 is 23.0 Å². The zero-order chi connectivity index (χ0) is 14.0. The van der Waals surface area contributed by atoms with Crippen LogP contribution in [0.3, 0.4) is 0 Å². The fourth-order valence-corrected chi connectivity index (χ4v) is 2.05. The van der Waals surface area contributed by atoms with Crippen LogP contribution in [0.25, 0.3) is 0 Å². The second-order valence-electron chi connectivity index (χ2n) is 4.28. The van der Waals surface area contributed by atoms with Crippen molar-refractivity contribution >= 4 is 21.7 Å². The van der Waals surface area contributed by atoms with Crippen LogP contribution >= 0.6 is 15.9 Å². The van der Waals surface area contributed by atoms with E-state index in [9.17, 15) is 13.6 Å². The Morgan fingerprint density at radius 1 is 1.11 bits per heavy atom. The molecule has 0 amide bonds. The predicted molar refractivity (Wildman–Crippen MR) is 73.3 cm³/mol. The molecule has 2 aromatic rings. The highest BCUT2D eigenvalue weighted by Crippen LogP contribution is 2.19. The van der Waals surface area contributed by atoms with E-state index in [2.05, 4.69) is 15.9 Å². The van der Waals surface area contributed by atoms with Crippen molar-refractivity contribution in [3.8, 4) is 0 Å². The smallest absolute Gasteiger partial charge is 0.173 e. The van der Waals surface area contributed by atoms with Crippen molar-refractivity contribution in [3.05, 3.63) is 69.2 Å². The van der Waals surface area contributed by atoms with Gasteiger partial charge in [0.15, 0.2) is 5.78 Å². The van der Waals surface area contributed by atoms with Crippen LogP contribution in [0.5, 0.6) is 0 Å². The van der Waals surface area contributed by atoms with Crippen LogP contribution < -0.4 is 0 Å². The predicted octanol–water partition coefficient (Wildman–Crippen LogP) is 4.46. The Balaban J connectivity index is 2.30. The van der Waals surface area contributed by atoms with Crippen molar-refractivity contribution in [1.82, 2.24) is 0 Å². The first kappa shape index (κ1) is 13.9. The number of Topliss-reactive ketones (excluding diaryl/α,β-unsaturated/α-hetero) is 1. The molecule has 1 nitrogen and oxygen atoms in total. The van der Waals surface area contributed by atoms with Crippen molar-refractivity contribution in [3.63, 3.8) is 0 Å². The first-order valence-corrected chi connectivity index (χ1v) is 6.50. The fourth-order valence-electron chi connectivity index (χ4n) is 1.79. The molecule has 0 N–H and O–H groups in total. The lowest BCUT2D eigenvalue weighted by Crippen LogP contribution is -2.10. The molecule has 0 saturated carbocycles. The first-order chi connectivity index (χ1) is 8.99. The molecule has 19 heavy (non-hydrogen) atoms. The van der Waals surface area contributed by atoms with Crippen LogP contribution in [-0.4, -0.2) is 5.78 Å². The number of hydrogen-bond donors (Lipinski definition) is 0. The Morgan fingerprint density at radius 3 is 2.37 bits per heavy atom. The highest BCUT2D eigenvalue weighted by Gasteiger charge is 2.19. The molecule has 98 valence electrons. The van der Waals surface area contributed by atoms with E-state index in [-0.39, 0.29) is 12.0 Å². The minimum absolute atomic E-state index is 0.0232. The molecule has 0 fully saturated rings. The third kappa shape index (κ3) is 3.07. The number of halogens is 3. The molecule has 4 heteroatoms. The highest BCUT2D eigenvalue weighted by atomic mass is 79.9. The van der Waals surface area contributed by atoms with Gasteiger partial charge in [-0.2, -0.15) is 0 Å². The quantitative estimate of drug-likeness (QED) is 0.762. The monoisotopic (exact) mass is 324 g/mol. The Labute approximate surface area is 118 Å². The summed E-state index contributed by atoms with van der Waals surface area (Å²) in [5.74, 6) is -2.15. The van der Waals surface area contributed by atoms with Crippen LogP contribution in [0, 0.1) is 18.6 Å². The van der Waals surface area contributed by atoms with Crippen LogP contribution in [0.1, 0.15) is 21.5 Å². The SMILES string of the molecule is Cc1ccc(F)c(C(=O)Cc2ccc(Br)cc2)c1F. The largest absolute Gasteiger partial charge is 0.294 e. The van der Waals surface area contributed by atoms with Crippen molar-refractivity contribution in [1.29, 1.82) is 0 Å². The molecule has 0 aromatic heterocycles. The number of carbonyl (C=O) groups excluding carboxylic acids is 1. The van der Waals surface area contributed by atoms with Gasteiger partial charge in [-0.25, -0.2) is 8.78 Å². The summed E-state index contributed by atoms with van der Waals surface area (Å²) in [6, 6.07) is 9.49. The first-order valence-electron chi connectivity index (χ1n) is 5.71. The number of ketones is 1. The minimum Gasteiger partial charge on any atom is -0.294 e. The molecule has 0 aliphatic heterocycles. The lowest BCUT2D eigenvalue weighted by atomic mass is 10.0. The summed E-state index contributed by atoms with van der Waals surface area (Å²) in [6.45, 7) is 1.51. The molecule has 0 aliphatic rings. The minimum atomic E-state index is -0.815. The van der Waals surface area contributed by atoms with Gasteiger partial charge in [0.2, 0.25) is 0 Å². The fraction of sp³-hybridized carbons (Fsp3) is 0.133. The number of benzene rings is 2. The van der Waals surface area contributed by atoms with Gasteiger partial charge in [0.05, 0.1) is 5.56 Å². The Kier molecular flexibility index (Phi) is 4.10. The van der Waals surface area contributed by atoms with E-state index >= 15 is 0 Å². The van der Waals surface area contributed by atoms with E-state index in [1.807, 2.05) is 0 Å². The van der Waals surface area contributed by atoms with E-state index in [4.69, 9.17) is 0 Å². The summed E-state index contributed by atoms with van der Waals surface area (Å²) in [7, 11) is 0. The van der Waals surface area contributed by atoms with Crippen molar-refractivity contribution in [2.45, 2.75) is 13.3 Å². The Morgan fingerprint density at radius 2 is 1.74 bits per heavy atom. The van der Waals surface area contributed by atoms with Gasteiger partial charge in [-0.15, -0.1) is 0 Å². The molecule has 0 heterocycles. The van der Waals surface area contributed by atoms with Gasteiger partial charge in [-0.3, -0.25) is 4.79 Å². The topological polar surface area (TPSA) is 17.1 Å². The molecule has 0 aliphatic carbocycles. The maximum absolute atomic E-state index is 13.8. The zero-order valence-corrected chi connectivity index (χ0v) is 11.8. The summed E-state index contributed by atoms with van der Waals surface area (Å²) in [5, 5.41) is 0. The number of rotatable bonds is 3. The molecule has 0 bridgehead atoms. The standard InChI is InChI=1S/C15H11BrF2O/c1-9-2-7-12(17)14(15(9)18)13(19)8-10-3-5-11(16)6-4-10/h2-7H,8H2,1H3. The van der Waals surface area contributed by atoms with Gasteiger partial charge in [-0.1, -0.05) is 34.1 Å². The zero-order valence-electron chi connectivity index (χ0n) is 10.2. The lowest BCUT2D eigenvalue weighted by molar-refractivity contribution is 0.0984. The molecule has 0 radical (unpaired) electrons. The number of aryl methyl sites for hydroxylation is 1. The number of carbonyl (C=O) groups is 1. The summed E-state index contributed by atoms with van der Waals surface area (Å²) in [6.07, 6.45) is -0.0232. The normalized spacial score (nSPS) is 10.5. The second-order valence-corrected chi connectivity index (χ2v) is 5.20. The Bertz CT molecular complexity index is 621. The van der Waals surface area contributed by atoms with Crippen LogP contribution in [0.2, 0.25) is 0 Å². The Hall–Kier alpha value is -1.55. The maximum Gasteiger partial charge on any atom is 0.173 e. The summed E-state index contributed by atoms with van der Waals surface area (Å²) >= 11 is 3.28. The van der Waals surface area contributed by atoms with Gasteiger partial charge in [0, 0.05) is 10.9 Å². The summed E-state index contributed by atoms with van der Waals surface area (Å²) in [4.78, 5) is 12.0. The van der Waals surface area contributed by atoms with E-state index in [1.54, 1.807) is 24.3 Å². The van der Waals surface area contributed by atoms with Crippen molar-refractivity contribution in [2.24, 2.45) is 0 Å². The van der Waals surface area contributed by atoms with Gasteiger partial charge in [0.25, 0.3) is 0 Å². The average Bonchev–Trinajstić information content (AvgIpc) is 2.37. The molecule has 2 rings (SSSR count). The van der Waals surface area contributed by atoms with E-state index in [0.717, 1.165) is 10.5 Å². The second kappa shape index (κ2) is 5.61. The van der Waals surface area contributed by atoms with Gasteiger partial charge in [-0.05, 0) is 36.2 Å². The van der Waals surface area contributed by atoms with Gasteiger partial charge < -0.3 is 0 Å². The van der Waals surface area contributed by atoms with Gasteiger partial charge >= 0.3 is 0 Å². The van der Waals surface area contributed by atoms with Crippen LogP contribution in [0.15, 0.2) is 40.9 Å². The van der Waals surface area contributed by atoms with Crippen molar-refractivity contribution in [2.75, 3.05) is 0 Å². The van der Waals surface area contributed by atoms with Gasteiger partial charge in [0.1, 0.15) is 11.6 Å². The molecule has 0 unspecified atom stereocenters. The van der Waals surface area contributed by atoms with Crippen LogP contribution in [-0.2, 0) is 6.42 Å². The molecule has 0 spiro atoms. The maximum atomic E-state index is 13.8. The third-order valence-corrected chi connectivity index (χ3v) is 3.37. The average molecular weight is 325 g/mol. The van der Waals surface area contributed by atoms with Crippen molar-refractivity contribution < 1.29 is 13.6 Å². The summed E-state index contributed by atoms with van der Waals surface area (Å²) in [5.41, 5.74) is 0.525. The molecule has 0 saturated heterocycles. The summed E-state index contributed by atoms with van der Waals surface area (Å²) < 4.78 is 28.3. The molecule has 0 atom stereocenters. The molecule has 2 aromatic carbocycles. The third-order valence-electron chi connectivity index (χ3n) is 2.84. The lowest BCUT2D eigenvalue weighted by Gasteiger charge is -2.06. The van der Waals surface area contributed by atoms with E-state index in [1.165, 1.54) is 13.0 Å².